The van der Waals surface area contributed by atoms with Gasteiger partial charge in [0.25, 0.3) is 5.56 Å². The van der Waals surface area contributed by atoms with E-state index >= 15 is 0 Å². The zero-order chi connectivity index (χ0) is 13.0. The smallest absolute Gasteiger partial charge is 0.341 e. The highest BCUT2D eigenvalue weighted by Crippen LogP contribution is 1.98. The predicted octanol–water partition coefficient (Wildman–Crippen LogP) is 0.902. The van der Waals surface area contributed by atoms with Crippen LogP contribution < -0.4 is 5.56 Å². The minimum atomic E-state index is -1.19. The summed E-state index contributed by atoms with van der Waals surface area (Å²) in [5, 5.41) is 8.84. The fourth-order valence-corrected chi connectivity index (χ4v) is 1.73. The maximum atomic E-state index is 11.8. The van der Waals surface area contributed by atoms with Crippen LogP contribution in [-0.2, 0) is 13.0 Å². The standard InChI is InChI=1S/C12H13N3O3/c16-11-9(12(17)18)3-1-7-15(11)8-2-4-10-13-5-6-14-10/h1,3,5-7H,2,4,8H2,(H,13,14)(H,17,18). The second kappa shape index (κ2) is 5.31. The third-order valence-corrected chi connectivity index (χ3v) is 2.62. The zero-order valence-electron chi connectivity index (χ0n) is 9.67. The second-order valence-corrected chi connectivity index (χ2v) is 3.86. The number of aryl methyl sites for hydroxylation is 2. The van der Waals surface area contributed by atoms with Crippen molar-refractivity contribution in [1.82, 2.24) is 14.5 Å². The van der Waals surface area contributed by atoms with Crippen LogP contribution in [-0.4, -0.2) is 25.6 Å². The van der Waals surface area contributed by atoms with Crippen molar-refractivity contribution in [2.75, 3.05) is 0 Å². The van der Waals surface area contributed by atoms with E-state index in [1.165, 1.54) is 10.6 Å². The van der Waals surface area contributed by atoms with E-state index in [1.54, 1.807) is 24.7 Å². The fraction of sp³-hybridized carbons (Fsp3) is 0.250. The summed E-state index contributed by atoms with van der Waals surface area (Å²) >= 11 is 0. The number of rotatable bonds is 5. The Labute approximate surface area is 103 Å². The molecule has 0 radical (unpaired) electrons. The number of hydrogen-bond acceptors (Lipinski definition) is 3. The van der Waals surface area contributed by atoms with E-state index in [1.807, 2.05) is 0 Å². The lowest BCUT2D eigenvalue weighted by Crippen LogP contribution is -2.25. The van der Waals surface area contributed by atoms with Crippen LogP contribution in [0.15, 0.2) is 35.5 Å². The highest BCUT2D eigenvalue weighted by molar-refractivity contribution is 5.86. The van der Waals surface area contributed by atoms with Gasteiger partial charge >= 0.3 is 5.97 Å². The number of aromatic carboxylic acids is 1. The summed E-state index contributed by atoms with van der Waals surface area (Å²) in [6.07, 6.45) is 6.45. The molecule has 0 aliphatic rings. The van der Waals surface area contributed by atoms with Gasteiger partial charge in [0.1, 0.15) is 11.4 Å². The summed E-state index contributed by atoms with van der Waals surface area (Å²) in [4.78, 5) is 29.6. The number of hydrogen-bond donors (Lipinski definition) is 2. The molecule has 2 aromatic rings. The number of H-pyrrole nitrogens is 1. The average Bonchev–Trinajstić information content (AvgIpc) is 2.84. The molecule has 0 saturated carbocycles. The molecule has 2 heterocycles. The first kappa shape index (κ1) is 12.1. The monoisotopic (exact) mass is 247 g/mol. The van der Waals surface area contributed by atoms with Crippen LogP contribution in [0.3, 0.4) is 0 Å². The van der Waals surface area contributed by atoms with Gasteiger partial charge in [0.05, 0.1) is 0 Å². The summed E-state index contributed by atoms with van der Waals surface area (Å²) in [5.41, 5.74) is -0.667. The molecule has 0 aromatic carbocycles. The number of pyridine rings is 1. The summed E-state index contributed by atoms with van der Waals surface area (Å²) in [7, 11) is 0. The lowest BCUT2D eigenvalue weighted by molar-refractivity contribution is 0.0694. The van der Waals surface area contributed by atoms with E-state index in [9.17, 15) is 9.59 Å². The Hall–Kier alpha value is -2.37. The van der Waals surface area contributed by atoms with Crippen LogP contribution in [0.5, 0.6) is 0 Å². The minimum Gasteiger partial charge on any atom is -0.477 e. The van der Waals surface area contributed by atoms with Crippen molar-refractivity contribution in [2.24, 2.45) is 0 Å². The molecule has 18 heavy (non-hydrogen) atoms. The number of carbonyl (C=O) groups is 1. The van der Waals surface area contributed by atoms with E-state index in [-0.39, 0.29) is 5.56 Å². The van der Waals surface area contributed by atoms with Crippen LogP contribution in [0.4, 0.5) is 0 Å². The van der Waals surface area contributed by atoms with Crippen molar-refractivity contribution >= 4 is 5.97 Å². The van der Waals surface area contributed by atoms with Gasteiger partial charge in [-0.1, -0.05) is 0 Å². The Bertz CT molecular complexity index is 587. The molecule has 94 valence electrons. The lowest BCUT2D eigenvalue weighted by Gasteiger charge is -2.05. The van der Waals surface area contributed by atoms with Crippen molar-refractivity contribution in [1.29, 1.82) is 0 Å². The Morgan fingerprint density at radius 2 is 2.33 bits per heavy atom. The Kier molecular flexibility index (Phi) is 3.57. The number of aromatic amines is 1. The Balaban J connectivity index is 2.04. The van der Waals surface area contributed by atoms with Gasteiger partial charge in [-0.2, -0.15) is 0 Å². The molecule has 2 N–H and O–H groups in total. The Morgan fingerprint density at radius 3 is 3.00 bits per heavy atom. The highest BCUT2D eigenvalue weighted by atomic mass is 16.4. The first-order valence-electron chi connectivity index (χ1n) is 5.59. The van der Waals surface area contributed by atoms with Crippen molar-refractivity contribution in [3.8, 4) is 0 Å². The molecule has 6 heteroatoms. The van der Waals surface area contributed by atoms with Crippen molar-refractivity contribution in [2.45, 2.75) is 19.4 Å². The molecule has 0 aliphatic heterocycles. The van der Waals surface area contributed by atoms with Crippen LogP contribution in [0, 0.1) is 0 Å². The topological polar surface area (TPSA) is 88.0 Å². The van der Waals surface area contributed by atoms with Gasteiger partial charge in [-0.3, -0.25) is 4.79 Å². The summed E-state index contributed by atoms with van der Waals surface area (Å²) in [6.45, 7) is 0.473. The second-order valence-electron chi connectivity index (χ2n) is 3.86. The number of imidazole rings is 1. The fourth-order valence-electron chi connectivity index (χ4n) is 1.73. The van der Waals surface area contributed by atoms with Gasteiger partial charge in [-0.25, -0.2) is 9.78 Å². The van der Waals surface area contributed by atoms with E-state index in [2.05, 4.69) is 9.97 Å². The maximum Gasteiger partial charge on any atom is 0.341 e. The first-order valence-corrected chi connectivity index (χ1v) is 5.59. The van der Waals surface area contributed by atoms with Crippen LogP contribution in [0.2, 0.25) is 0 Å². The number of aromatic nitrogens is 3. The molecule has 0 spiro atoms. The molecule has 2 rings (SSSR count). The van der Waals surface area contributed by atoms with Gasteiger partial charge in [0.2, 0.25) is 0 Å². The summed E-state index contributed by atoms with van der Waals surface area (Å²) in [5.74, 6) is -0.335. The quantitative estimate of drug-likeness (QED) is 0.821. The van der Waals surface area contributed by atoms with Gasteiger partial charge in [0.15, 0.2) is 0 Å². The molecular formula is C12H13N3O3. The predicted molar refractivity (Wildman–Crippen MR) is 64.6 cm³/mol. The number of carboxylic acids is 1. The Morgan fingerprint density at radius 1 is 1.50 bits per heavy atom. The van der Waals surface area contributed by atoms with Crippen LogP contribution >= 0.6 is 0 Å². The molecule has 0 amide bonds. The molecule has 0 bridgehead atoms. The molecule has 0 saturated heterocycles. The third kappa shape index (κ3) is 2.65. The van der Waals surface area contributed by atoms with Crippen LogP contribution in [0.25, 0.3) is 0 Å². The van der Waals surface area contributed by atoms with E-state index in [0.717, 1.165) is 18.7 Å². The average molecular weight is 247 g/mol. The summed E-state index contributed by atoms with van der Waals surface area (Å²) in [6, 6.07) is 2.88. The van der Waals surface area contributed by atoms with E-state index in [4.69, 9.17) is 5.11 Å². The summed E-state index contributed by atoms with van der Waals surface area (Å²) < 4.78 is 1.41. The molecule has 0 unspecified atom stereocenters. The lowest BCUT2D eigenvalue weighted by atomic mass is 10.2. The van der Waals surface area contributed by atoms with E-state index in [0.29, 0.717) is 6.54 Å². The number of nitrogens with one attached hydrogen (secondary N) is 1. The first-order chi connectivity index (χ1) is 8.68. The SMILES string of the molecule is O=C(O)c1cccn(CCCc2ncc[nH]2)c1=O. The van der Waals surface area contributed by atoms with Crippen LogP contribution in [0.1, 0.15) is 22.6 Å². The van der Waals surface area contributed by atoms with Gasteiger partial charge < -0.3 is 14.7 Å². The van der Waals surface area contributed by atoms with Crippen molar-refractivity contribution < 1.29 is 9.90 Å². The van der Waals surface area contributed by atoms with Crippen molar-refractivity contribution in [3.05, 3.63) is 52.5 Å². The molecular weight excluding hydrogens is 234 g/mol. The number of nitrogens with zero attached hydrogens (tertiary/aromatic N) is 2. The van der Waals surface area contributed by atoms with Crippen molar-refractivity contribution in [3.63, 3.8) is 0 Å². The molecule has 0 aliphatic carbocycles. The number of carboxylic acid groups (broad SMARTS) is 1. The maximum absolute atomic E-state index is 11.8. The third-order valence-electron chi connectivity index (χ3n) is 2.62. The van der Waals surface area contributed by atoms with Gasteiger partial charge in [-0.15, -0.1) is 0 Å². The van der Waals surface area contributed by atoms with Gasteiger partial charge in [0, 0.05) is 31.6 Å². The molecule has 0 atom stereocenters. The van der Waals surface area contributed by atoms with E-state index < -0.39 is 11.5 Å². The largest absolute Gasteiger partial charge is 0.477 e. The zero-order valence-corrected chi connectivity index (χ0v) is 9.67. The molecule has 6 nitrogen and oxygen atoms in total. The highest BCUT2D eigenvalue weighted by Gasteiger charge is 2.09. The normalized spacial score (nSPS) is 10.4. The molecule has 0 fully saturated rings. The van der Waals surface area contributed by atoms with Gasteiger partial charge in [-0.05, 0) is 18.6 Å². The molecule has 2 aromatic heterocycles. The minimum absolute atomic E-state index is 0.199.